The summed E-state index contributed by atoms with van der Waals surface area (Å²) < 4.78 is 6.36. The number of benzene rings is 2. The van der Waals surface area contributed by atoms with Crippen LogP contribution >= 0.6 is 0 Å². The number of hydrogen-bond donors (Lipinski definition) is 1. The molecule has 8 heteroatoms. The fourth-order valence-electron chi connectivity index (χ4n) is 7.48. The largest absolute Gasteiger partial charge is 0.462 e. The van der Waals surface area contributed by atoms with Crippen molar-refractivity contribution < 1.29 is 4.74 Å². The van der Waals surface area contributed by atoms with Gasteiger partial charge in [-0.25, -0.2) is 0 Å². The van der Waals surface area contributed by atoms with Crippen molar-refractivity contribution in [3.63, 3.8) is 0 Å². The molecule has 1 N–H and O–H groups in total. The van der Waals surface area contributed by atoms with Crippen molar-refractivity contribution in [1.82, 2.24) is 20.2 Å². The quantitative estimate of drug-likeness (QED) is 0.412. The van der Waals surface area contributed by atoms with Gasteiger partial charge in [-0.15, -0.1) is 0 Å². The van der Waals surface area contributed by atoms with Crippen LogP contribution in [0, 0.1) is 11.3 Å². The minimum Gasteiger partial charge on any atom is -0.462 e. The fraction of sp³-hybridized carbons (Fsp3) is 0.545. The zero-order valence-corrected chi connectivity index (χ0v) is 24.2. The number of unbranched alkanes of at least 4 members (excludes halogenated alkanes) is 1. The minimum atomic E-state index is 0.430. The topological polar surface area (TPSA) is 80.6 Å². The monoisotopic (exact) mass is 551 g/mol. The van der Waals surface area contributed by atoms with Crippen LogP contribution < -0.4 is 19.9 Å². The number of hydrogen-bond acceptors (Lipinski definition) is 8. The molecular formula is C33H41N7O. The van der Waals surface area contributed by atoms with Crippen LogP contribution in [0.3, 0.4) is 0 Å². The van der Waals surface area contributed by atoms with E-state index in [1.165, 1.54) is 53.3 Å². The number of ether oxygens (including phenoxy) is 1. The van der Waals surface area contributed by atoms with Gasteiger partial charge < -0.3 is 24.8 Å². The van der Waals surface area contributed by atoms with Gasteiger partial charge in [0.15, 0.2) is 0 Å². The third-order valence-electron chi connectivity index (χ3n) is 9.66. The average Bonchev–Trinajstić information content (AvgIpc) is 3.57. The van der Waals surface area contributed by atoms with Crippen molar-refractivity contribution in [3.05, 3.63) is 53.2 Å². The van der Waals surface area contributed by atoms with Gasteiger partial charge in [-0.2, -0.15) is 15.2 Å². The van der Waals surface area contributed by atoms with E-state index in [1.54, 1.807) is 0 Å². The normalized spacial score (nSPS) is 24.0. The zero-order chi connectivity index (χ0) is 27.8. The summed E-state index contributed by atoms with van der Waals surface area (Å²) in [7, 11) is 2.19. The highest BCUT2D eigenvalue weighted by Crippen LogP contribution is 2.37. The molecule has 7 rings (SSSR count). The van der Waals surface area contributed by atoms with Crippen LogP contribution in [0.5, 0.6) is 6.01 Å². The molecule has 4 aliphatic rings. The van der Waals surface area contributed by atoms with Crippen molar-refractivity contribution in [2.75, 3.05) is 49.6 Å². The maximum atomic E-state index is 9.10. The van der Waals surface area contributed by atoms with Crippen LogP contribution in [0.1, 0.15) is 55.3 Å². The molecule has 8 nitrogen and oxygen atoms in total. The molecular weight excluding hydrogens is 510 g/mol. The molecule has 0 amide bonds. The van der Waals surface area contributed by atoms with Gasteiger partial charge >= 0.3 is 6.01 Å². The van der Waals surface area contributed by atoms with Gasteiger partial charge in [-0.05, 0) is 75.6 Å². The maximum Gasteiger partial charge on any atom is 0.318 e. The maximum absolute atomic E-state index is 9.10. The highest BCUT2D eigenvalue weighted by Gasteiger charge is 2.35. The summed E-state index contributed by atoms with van der Waals surface area (Å²) in [6.45, 7) is 5.46. The molecule has 1 aromatic heterocycles. The highest BCUT2D eigenvalue weighted by molar-refractivity contribution is 5.97. The van der Waals surface area contributed by atoms with E-state index in [1.807, 2.05) is 0 Å². The smallest absolute Gasteiger partial charge is 0.318 e. The summed E-state index contributed by atoms with van der Waals surface area (Å²) in [6.07, 6.45) is 8.19. The molecule has 1 unspecified atom stereocenters. The van der Waals surface area contributed by atoms with Crippen LogP contribution in [0.4, 0.5) is 11.5 Å². The van der Waals surface area contributed by atoms with Crippen LogP contribution in [0.15, 0.2) is 36.4 Å². The van der Waals surface area contributed by atoms with Crippen molar-refractivity contribution in [3.8, 4) is 12.1 Å². The second-order valence-corrected chi connectivity index (χ2v) is 12.4. The molecule has 3 aromatic rings. The zero-order valence-electron chi connectivity index (χ0n) is 24.2. The molecule has 41 heavy (non-hydrogen) atoms. The lowest BCUT2D eigenvalue weighted by molar-refractivity contribution is 0.187. The number of nitrogens with zero attached hydrogens (tertiary/aromatic N) is 6. The Labute approximate surface area is 243 Å². The van der Waals surface area contributed by atoms with E-state index in [4.69, 9.17) is 20.0 Å². The van der Waals surface area contributed by atoms with Crippen LogP contribution in [0.2, 0.25) is 0 Å². The number of nitrogens with one attached hydrogen (secondary N) is 1. The SMILES string of the molecule is CN1CCCC1COc1nc2c(c(N3C[C@H]4CC[C@@H](C3)N4)n1)CCN(c1cccc3cccc(CCCC#N)c13)C2. The Balaban J connectivity index is 1.22. The molecule has 214 valence electrons. The number of likely N-dealkylation sites (tertiary alicyclic amines) is 1. The Hall–Kier alpha value is -3.41. The number of aryl methyl sites for hydroxylation is 1. The molecule has 0 saturated carbocycles. The Morgan fingerprint density at radius 2 is 1.85 bits per heavy atom. The summed E-state index contributed by atoms with van der Waals surface area (Å²) in [4.78, 5) is 17.6. The highest BCUT2D eigenvalue weighted by atomic mass is 16.5. The summed E-state index contributed by atoms with van der Waals surface area (Å²) in [5.41, 5.74) is 4.97. The Bertz CT molecular complexity index is 1430. The second-order valence-electron chi connectivity index (χ2n) is 12.4. The first-order valence-electron chi connectivity index (χ1n) is 15.5. The Morgan fingerprint density at radius 1 is 1.02 bits per heavy atom. The van der Waals surface area contributed by atoms with Crippen LogP contribution in [0.25, 0.3) is 10.8 Å². The predicted octanol–water partition coefficient (Wildman–Crippen LogP) is 4.45. The number of aromatic nitrogens is 2. The summed E-state index contributed by atoms with van der Waals surface area (Å²) in [6, 6.07) is 17.6. The lowest BCUT2D eigenvalue weighted by atomic mass is 9.96. The molecule has 3 saturated heterocycles. The van der Waals surface area contributed by atoms with E-state index in [0.717, 1.165) is 63.5 Å². The Morgan fingerprint density at radius 3 is 2.63 bits per heavy atom. The molecule has 0 radical (unpaired) electrons. The number of fused-ring (bicyclic) bond motifs is 4. The number of rotatable bonds is 8. The third kappa shape index (κ3) is 5.33. The fourth-order valence-corrected chi connectivity index (χ4v) is 7.48. The molecule has 2 bridgehead atoms. The summed E-state index contributed by atoms with van der Waals surface area (Å²) >= 11 is 0. The van der Waals surface area contributed by atoms with Gasteiger partial charge in [0, 0.05) is 60.8 Å². The minimum absolute atomic E-state index is 0.430. The molecule has 3 fully saturated rings. The average molecular weight is 552 g/mol. The summed E-state index contributed by atoms with van der Waals surface area (Å²) in [5, 5.41) is 15.4. The molecule has 4 aliphatic heterocycles. The Kier molecular flexibility index (Phi) is 7.40. The van der Waals surface area contributed by atoms with Gasteiger partial charge in [0.1, 0.15) is 12.4 Å². The van der Waals surface area contributed by atoms with Gasteiger partial charge in [-0.3, -0.25) is 0 Å². The van der Waals surface area contributed by atoms with Gasteiger partial charge in [-0.1, -0.05) is 30.3 Å². The van der Waals surface area contributed by atoms with Gasteiger partial charge in [0.25, 0.3) is 0 Å². The van der Waals surface area contributed by atoms with Crippen LogP contribution in [-0.4, -0.2) is 72.8 Å². The molecule has 3 atom stereocenters. The molecule has 0 spiro atoms. The molecule has 0 aliphatic carbocycles. The lowest BCUT2D eigenvalue weighted by Gasteiger charge is -2.37. The van der Waals surface area contributed by atoms with Gasteiger partial charge in [0.05, 0.1) is 18.3 Å². The van der Waals surface area contributed by atoms with Crippen molar-refractivity contribution >= 4 is 22.3 Å². The third-order valence-corrected chi connectivity index (χ3v) is 9.66. The number of likely N-dealkylation sites (N-methyl/N-ethyl adjacent to an activating group) is 1. The van der Waals surface area contributed by atoms with Crippen molar-refractivity contribution in [2.45, 2.75) is 76.0 Å². The number of anilines is 2. The number of nitriles is 1. The van der Waals surface area contributed by atoms with Gasteiger partial charge in [0.2, 0.25) is 0 Å². The first kappa shape index (κ1) is 26.5. The predicted molar refractivity (Wildman–Crippen MR) is 163 cm³/mol. The molecule has 2 aromatic carbocycles. The van der Waals surface area contributed by atoms with E-state index >= 15 is 0 Å². The van der Waals surface area contributed by atoms with E-state index in [0.29, 0.717) is 37.2 Å². The van der Waals surface area contributed by atoms with E-state index in [2.05, 4.69) is 69.5 Å². The number of piperazine rings is 1. The first-order chi connectivity index (χ1) is 20.2. The van der Waals surface area contributed by atoms with E-state index in [-0.39, 0.29) is 0 Å². The standard InChI is InChI=1S/C33H41N7O/c1-38-17-6-11-27(38)22-41-33-36-29-21-39(18-15-28(29)32(37-33)40-19-25-13-14-26(20-40)35-25)30-12-5-10-24-9-4-8-23(31(24)30)7-2-3-16-34/h4-5,8-10,12,25-27,35H,2-3,6-7,11,13-15,17-22H2,1H3/t25-,26+,27?. The molecule has 5 heterocycles. The van der Waals surface area contributed by atoms with E-state index < -0.39 is 0 Å². The lowest BCUT2D eigenvalue weighted by Crippen LogP contribution is -2.52. The van der Waals surface area contributed by atoms with Crippen molar-refractivity contribution in [2.24, 2.45) is 0 Å². The van der Waals surface area contributed by atoms with Crippen LogP contribution in [-0.2, 0) is 19.4 Å². The summed E-state index contributed by atoms with van der Waals surface area (Å²) in [5.74, 6) is 1.10. The second kappa shape index (κ2) is 11.5. The van der Waals surface area contributed by atoms with E-state index in [9.17, 15) is 0 Å². The van der Waals surface area contributed by atoms with Crippen molar-refractivity contribution in [1.29, 1.82) is 5.26 Å². The first-order valence-corrected chi connectivity index (χ1v) is 15.5.